The highest BCUT2D eigenvalue weighted by molar-refractivity contribution is 7.89. The van der Waals surface area contributed by atoms with E-state index in [-0.39, 0.29) is 23.5 Å². The Kier molecular flexibility index (Phi) is 11.5. The van der Waals surface area contributed by atoms with Gasteiger partial charge in [0.2, 0.25) is 5.91 Å². The van der Waals surface area contributed by atoms with Gasteiger partial charge in [-0.3, -0.25) is 14.6 Å². The molecule has 1 aromatic heterocycles. The van der Waals surface area contributed by atoms with Crippen molar-refractivity contribution in [3.8, 4) is 0 Å². The topological polar surface area (TPSA) is 88.6 Å². The molecular weight excluding hydrogens is 481 g/mol. The van der Waals surface area contributed by atoms with Crippen molar-refractivity contribution in [2.75, 3.05) is 13.1 Å². The molecule has 1 fully saturated rings. The SMILES string of the molecule is O=C(C=Cc1cccnc1)NCCCCCCCN(OC1CCCCC1)S(=O)(=O)c1ccc(F)cc1. The second-order valence-electron chi connectivity index (χ2n) is 9.03. The lowest BCUT2D eigenvalue weighted by molar-refractivity contribution is -0.143. The van der Waals surface area contributed by atoms with E-state index in [1.165, 1.54) is 18.2 Å². The number of sulfonamides is 1. The smallest absolute Gasteiger partial charge is 0.265 e. The second kappa shape index (κ2) is 14.8. The van der Waals surface area contributed by atoms with Gasteiger partial charge in [0.05, 0.1) is 11.0 Å². The molecule has 0 spiro atoms. The Morgan fingerprint density at radius 1 is 1.06 bits per heavy atom. The Labute approximate surface area is 213 Å². The normalized spacial score (nSPS) is 14.9. The summed E-state index contributed by atoms with van der Waals surface area (Å²) in [6.45, 7) is 0.845. The minimum absolute atomic E-state index is 0.0352. The van der Waals surface area contributed by atoms with Crippen LogP contribution < -0.4 is 5.32 Å². The highest BCUT2D eigenvalue weighted by Gasteiger charge is 2.29. The van der Waals surface area contributed by atoms with Crippen molar-refractivity contribution in [2.45, 2.75) is 75.2 Å². The second-order valence-corrected chi connectivity index (χ2v) is 10.9. The number of pyridine rings is 1. The van der Waals surface area contributed by atoms with Crippen LogP contribution in [0.4, 0.5) is 4.39 Å². The summed E-state index contributed by atoms with van der Waals surface area (Å²) in [7, 11) is -3.87. The van der Waals surface area contributed by atoms with Gasteiger partial charge in [-0.05, 0) is 67.7 Å². The largest absolute Gasteiger partial charge is 0.353 e. The number of halogens is 1. The van der Waals surface area contributed by atoms with Crippen molar-refractivity contribution in [3.63, 3.8) is 0 Å². The molecule has 7 nitrogen and oxygen atoms in total. The number of hydrogen-bond acceptors (Lipinski definition) is 5. The standard InChI is InChI=1S/C27H36FN3O4S/c28-24-14-16-26(17-15-24)36(33,34)31(35-25-11-5-4-6-12-25)21-8-3-1-2-7-20-30-27(32)18-13-23-10-9-19-29-22-23/h9-10,13-19,22,25H,1-8,11-12,20-21H2,(H,30,32). The van der Waals surface area contributed by atoms with Gasteiger partial charge >= 0.3 is 0 Å². The average molecular weight is 518 g/mol. The van der Waals surface area contributed by atoms with Crippen LogP contribution in [0, 0.1) is 5.82 Å². The summed E-state index contributed by atoms with van der Waals surface area (Å²) in [6.07, 6.45) is 15.6. The zero-order valence-electron chi connectivity index (χ0n) is 20.6. The summed E-state index contributed by atoms with van der Waals surface area (Å²) in [5, 5.41) is 2.87. The molecule has 0 atom stereocenters. The molecule has 1 saturated carbocycles. The van der Waals surface area contributed by atoms with E-state index in [9.17, 15) is 17.6 Å². The van der Waals surface area contributed by atoms with Gasteiger partial charge in [-0.1, -0.05) is 49.1 Å². The van der Waals surface area contributed by atoms with Gasteiger partial charge in [0, 0.05) is 31.6 Å². The molecule has 1 aliphatic carbocycles. The fraction of sp³-hybridized carbons (Fsp3) is 0.481. The lowest BCUT2D eigenvalue weighted by atomic mass is 9.98. The number of hydroxylamine groups is 1. The molecule has 2 aromatic rings. The van der Waals surface area contributed by atoms with E-state index in [4.69, 9.17) is 4.84 Å². The molecule has 0 saturated heterocycles. The van der Waals surface area contributed by atoms with Crippen LogP contribution in [-0.2, 0) is 19.7 Å². The fourth-order valence-corrected chi connectivity index (χ4v) is 5.42. The van der Waals surface area contributed by atoms with Crippen molar-refractivity contribution in [3.05, 3.63) is 66.2 Å². The first-order valence-corrected chi connectivity index (χ1v) is 14.2. The molecule has 3 rings (SSSR count). The molecule has 0 aliphatic heterocycles. The summed E-state index contributed by atoms with van der Waals surface area (Å²) in [5.74, 6) is -0.616. The molecule has 1 amide bonds. The lowest BCUT2D eigenvalue weighted by Crippen LogP contribution is -2.37. The number of hydrogen-bond donors (Lipinski definition) is 1. The van der Waals surface area contributed by atoms with Crippen LogP contribution in [0.25, 0.3) is 6.08 Å². The van der Waals surface area contributed by atoms with Crippen LogP contribution in [0.3, 0.4) is 0 Å². The van der Waals surface area contributed by atoms with Gasteiger partial charge in [-0.2, -0.15) is 0 Å². The molecule has 0 unspecified atom stereocenters. The molecule has 9 heteroatoms. The van der Waals surface area contributed by atoms with E-state index < -0.39 is 15.8 Å². The van der Waals surface area contributed by atoms with E-state index in [2.05, 4.69) is 10.3 Å². The summed E-state index contributed by atoms with van der Waals surface area (Å²) >= 11 is 0. The Morgan fingerprint density at radius 3 is 2.50 bits per heavy atom. The quantitative estimate of drug-likeness (QED) is 0.210. The van der Waals surface area contributed by atoms with E-state index in [1.54, 1.807) is 18.5 Å². The van der Waals surface area contributed by atoms with Crippen LogP contribution in [0.15, 0.2) is 59.8 Å². The average Bonchev–Trinajstić information content (AvgIpc) is 2.89. The first-order valence-electron chi connectivity index (χ1n) is 12.8. The molecule has 196 valence electrons. The van der Waals surface area contributed by atoms with Crippen molar-refractivity contribution in [1.82, 2.24) is 14.8 Å². The molecule has 36 heavy (non-hydrogen) atoms. The maximum Gasteiger partial charge on any atom is 0.265 e. The molecule has 1 aromatic carbocycles. The third-order valence-corrected chi connectivity index (χ3v) is 7.80. The molecule has 0 radical (unpaired) electrons. The summed E-state index contributed by atoms with van der Waals surface area (Å²) in [4.78, 5) is 21.9. The van der Waals surface area contributed by atoms with Gasteiger partial charge in [-0.25, -0.2) is 12.8 Å². The number of aromatic nitrogens is 1. The van der Waals surface area contributed by atoms with Gasteiger partial charge < -0.3 is 5.32 Å². The molecule has 0 bridgehead atoms. The first kappa shape index (κ1) is 28.0. The van der Waals surface area contributed by atoms with E-state index in [0.717, 1.165) is 80.0 Å². The van der Waals surface area contributed by atoms with E-state index >= 15 is 0 Å². The summed E-state index contributed by atoms with van der Waals surface area (Å²) in [6, 6.07) is 8.56. The van der Waals surface area contributed by atoms with Crippen molar-refractivity contribution in [1.29, 1.82) is 0 Å². The number of benzene rings is 1. The van der Waals surface area contributed by atoms with Crippen LogP contribution >= 0.6 is 0 Å². The van der Waals surface area contributed by atoms with Crippen LogP contribution in [0.2, 0.25) is 0 Å². The van der Waals surface area contributed by atoms with E-state index in [1.807, 2.05) is 12.1 Å². The summed E-state index contributed by atoms with van der Waals surface area (Å²) < 4.78 is 40.7. The number of rotatable bonds is 14. The number of amides is 1. The Hall–Kier alpha value is -2.62. The predicted octanol–water partition coefficient (Wildman–Crippen LogP) is 5.26. The van der Waals surface area contributed by atoms with Crippen molar-refractivity contribution in [2.24, 2.45) is 0 Å². The summed E-state index contributed by atoms with van der Waals surface area (Å²) in [5.41, 5.74) is 0.871. The Morgan fingerprint density at radius 2 is 1.78 bits per heavy atom. The van der Waals surface area contributed by atoms with Crippen LogP contribution in [0.1, 0.15) is 69.8 Å². The van der Waals surface area contributed by atoms with Gasteiger partial charge in [-0.15, -0.1) is 0 Å². The number of unbranched alkanes of at least 4 members (excludes halogenated alkanes) is 4. The number of carbonyl (C=O) groups is 1. The van der Waals surface area contributed by atoms with Crippen molar-refractivity contribution < 1.29 is 22.4 Å². The minimum Gasteiger partial charge on any atom is -0.353 e. The maximum atomic E-state index is 13.3. The lowest BCUT2D eigenvalue weighted by Gasteiger charge is -2.29. The third-order valence-electron chi connectivity index (χ3n) is 6.13. The minimum atomic E-state index is -3.87. The Balaban J connectivity index is 1.38. The van der Waals surface area contributed by atoms with Crippen LogP contribution in [-0.4, -0.2) is 43.0 Å². The maximum absolute atomic E-state index is 13.3. The molecule has 1 N–H and O–H groups in total. The van der Waals surface area contributed by atoms with Gasteiger partial charge in [0.25, 0.3) is 10.0 Å². The zero-order valence-corrected chi connectivity index (χ0v) is 21.5. The zero-order chi connectivity index (χ0) is 25.6. The number of nitrogens with zero attached hydrogens (tertiary/aromatic N) is 2. The highest BCUT2D eigenvalue weighted by Crippen LogP contribution is 2.25. The first-order chi connectivity index (χ1) is 17.4. The number of carbonyl (C=O) groups excluding carboxylic acids is 1. The third kappa shape index (κ3) is 9.44. The highest BCUT2D eigenvalue weighted by atomic mass is 32.2. The van der Waals surface area contributed by atoms with Crippen LogP contribution in [0.5, 0.6) is 0 Å². The molecule has 1 aliphatic rings. The molecular formula is C27H36FN3O4S. The van der Waals surface area contributed by atoms with E-state index in [0.29, 0.717) is 13.0 Å². The fourth-order valence-electron chi connectivity index (χ4n) is 4.10. The monoisotopic (exact) mass is 517 g/mol. The van der Waals surface area contributed by atoms with Gasteiger partial charge in [0.1, 0.15) is 5.82 Å². The Bertz CT molecular complexity index is 1060. The van der Waals surface area contributed by atoms with Gasteiger partial charge in [0.15, 0.2) is 0 Å². The predicted molar refractivity (Wildman–Crippen MR) is 138 cm³/mol. The molecule has 1 heterocycles. The number of nitrogens with one attached hydrogen (secondary N) is 1. The van der Waals surface area contributed by atoms with Crippen molar-refractivity contribution >= 4 is 22.0 Å².